The quantitative estimate of drug-likeness (QED) is 0.406. The highest BCUT2D eigenvalue weighted by molar-refractivity contribution is 9.10. The molecule has 146 valence electrons. The fourth-order valence-corrected chi connectivity index (χ4v) is 3.87. The molecule has 0 spiro atoms. The van der Waals surface area contributed by atoms with Gasteiger partial charge in [-0.3, -0.25) is 4.79 Å². The van der Waals surface area contributed by atoms with E-state index in [0.29, 0.717) is 24.2 Å². The summed E-state index contributed by atoms with van der Waals surface area (Å²) in [6, 6.07) is 12.8. The average Bonchev–Trinajstić information content (AvgIpc) is 3.05. The van der Waals surface area contributed by atoms with Crippen LogP contribution in [-0.2, 0) is 16.1 Å². The third kappa shape index (κ3) is 4.74. The summed E-state index contributed by atoms with van der Waals surface area (Å²) in [5.41, 5.74) is 2.85. The Morgan fingerprint density at radius 1 is 1.18 bits per heavy atom. The zero-order chi connectivity index (χ0) is 20.1. The van der Waals surface area contributed by atoms with Crippen LogP contribution in [0.25, 0.3) is 11.0 Å². The Hall–Kier alpha value is -2.32. The van der Waals surface area contributed by atoms with E-state index in [9.17, 15) is 9.59 Å². The first kappa shape index (κ1) is 20.4. The monoisotopic (exact) mass is 461 g/mol. The summed E-state index contributed by atoms with van der Waals surface area (Å²) in [7, 11) is 0. The molecule has 1 N–H and O–H groups in total. The molecule has 1 heterocycles. The molecule has 28 heavy (non-hydrogen) atoms. The van der Waals surface area contributed by atoms with Gasteiger partial charge in [-0.2, -0.15) is 0 Å². The van der Waals surface area contributed by atoms with E-state index in [1.165, 1.54) is 11.8 Å². The topological polar surface area (TPSA) is 73.2 Å². The van der Waals surface area contributed by atoms with Crippen LogP contribution in [0.1, 0.15) is 24.2 Å². The van der Waals surface area contributed by atoms with Crippen molar-refractivity contribution in [2.45, 2.75) is 25.5 Å². The number of carbonyl (C=O) groups is 2. The van der Waals surface area contributed by atoms with Crippen molar-refractivity contribution in [1.82, 2.24) is 9.55 Å². The van der Waals surface area contributed by atoms with Gasteiger partial charge < -0.3 is 14.6 Å². The molecule has 6 nitrogen and oxygen atoms in total. The number of ether oxygens (including phenoxy) is 1. The summed E-state index contributed by atoms with van der Waals surface area (Å²) in [4.78, 5) is 28.8. The lowest BCUT2D eigenvalue weighted by atomic mass is 10.2. The largest absolute Gasteiger partial charge is 0.462 e. The van der Waals surface area contributed by atoms with Crippen molar-refractivity contribution >= 4 is 56.3 Å². The Kier molecular flexibility index (Phi) is 6.74. The predicted octanol–water partition coefficient (Wildman–Crippen LogP) is 4.73. The van der Waals surface area contributed by atoms with Gasteiger partial charge in [-0.25, -0.2) is 9.78 Å². The van der Waals surface area contributed by atoms with Crippen LogP contribution in [0.15, 0.2) is 52.1 Å². The van der Waals surface area contributed by atoms with E-state index >= 15 is 0 Å². The van der Waals surface area contributed by atoms with Crippen LogP contribution in [0.3, 0.4) is 0 Å². The number of rotatable bonds is 7. The Labute approximate surface area is 175 Å². The molecule has 1 aromatic heterocycles. The Morgan fingerprint density at radius 2 is 1.93 bits per heavy atom. The predicted molar refractivity (Wildman–Crippen MR) is 115 cm³/mol. The highest BCUT2D eigenvalue weighted by Gasteiger charge is 2.15. The number of amides is 1. The van der Waals surface area contributed by atoms with Crippen LogP contribution in [-0.4, -0.2) is 33.8 Å². The van der Waals surface area contributed by atoms with Gasteiger partial charge in [-0.15, -0.1) is 0 Å². The van der Waals surface area contributed by atoms with Gasteiger partial charge in [0.1, 0.15) is 0 Å². The number of carbonyl (C=O) groups excluding carboxylic acids is 2. The molecule has 0 aliphatic rings. The van der Waals surface area contributed by atoms with Crippen molar-refractivity contribution in [2.75, 3.05) is 17.7 Å². The smallest absolute Gasteiger partial charge is 0.338 e. The number of nitrogens with one attached hydrogen (secondary N) is 1. The molecule has 0 aliphatic heterocycles. The summed E-state index contributed by atoms with van der Waals surface area (Å²) in [5, 5.41) is 3.61. The summed E-state index contributed by atoms with van der Waals surface area (Å²) < 4.78 is 8.04. The van der Waals surface area contributed by atoms with Gasteiger partial charge in [0.25, 0.3) is 0 Å². The third-order valence-electron chi connectivity index (χ3n) is 4.00. The maximum absolute atomic E-state index is 12.3. The first-order valence-corrected chi connectivity index (χ1v) is 10.6. The van der Waals surface area contributed by atoms with Gasteiger partial charge in [0.15, 0.2) is 5.16 Å². The minimum atomic E-state index is -0.362. The Morgan fingerprint density at radius 3 is 2.61 bits per heavy atom. The Bertz CT molecular complexity index is 1000. The molecule has 0 atom stereocenters. The minimum Gasteiger partial charge on any atom is -0.462 e. The second-order valence-corrected chi connectivity index (χ2v) is 7.76. The molecular weight excluding hydrogens is 442 g/mol. The van der Waals surface area contributed by atoms with Crippen molar-refractivity contribution in [1.29, 1.82) is 0 Å². The lowest BCUT2D eigenvalue weighted by molar-refractivity contribution is -0.113. The SMILES string of the molecule is CCOC(=O)c1ccc2c(c1)nc(SCC(=O)Nc1ccc(Br)cc1)n2CC. The molecule has 0 aliphatic carbocycles. The second-order valence-electron chi connectivity index (χ2n) is 5.91. The number of imidazole rings is 1. The van der Waals surface area contributed by atoms with Gasteiger partial charge in [0.2, 0.25) is 5.91 Å². The number of esters is 1. The number of anilines is 1. The van der Waals surface area contributed by atoms with Crippen LogP contribution in [0.2, 0.25) is 0 Å². The van der Waals surface area contributed by atoms with E-state index < -0.39 is 0 Å². The van der Waals surface area contributed by atoms with E-state index in [1.54, 1.807) is 19.1 Å². The van der Waals surface area contributed by atoms with Crippen molar-refractivity contribution < 1.29 is 14.3 Å². The van der Waals surface area contributed by atoms with Gasteiger partial charge in [0, 0.05) is 16.7 Å². The van der Waals surface area contributed by atoms with Crippen molar-refractivity contribution in [2.24, 2.45) is 0 Å². The summed E-state index contributed by atoms with van der Waals surface area (Å²) in [6.07, 6.45) is 0. The number of hydrogen-bond donors (Lipinski definition) is 1. The minimum absolute atomic E-state index is 0.103. The van der Waals surface area contributed by atoms with Gasteiger partial charge in [-0.1, -0.05) is 27.7 Å². The van der Waals surface area contributed by atoms with Crippen molar-refractivity contribution in [3.05, 3.63) is 52.5 Å². The molecule has 0 bridgehead atoms. The number of thioether (sulfide) groups is 1. The standard InChI is InChI=1S/C20H20BrN3O3S/c1-3-24-17-10-5-13(19(26)27-4-2)11-16(17)23-20(24)28-12-18(25)22-15-8-6-14(21)7-9-15/h5-11H,3-4,12H2,1-2H3,(H,22,25). The summed E-state index contributed by atoms with van der Waals surface area (Å²) >= 11 is 4.74. The number of hydrogen-bond acceptors (Lipinski definition) is 5. The molecule has 0 saturated carbocycles. The highest BCUT2D eigenvalue weighted by atomic mass is 79.9. The molecule has 8 heteroatoms. The van der Waals surface area contributed by atoms with E-state index in [1.807, 2.05) is 41.8 Å². The average molecular weight is 462 g/mol. The van der Waals surface area contributed by atoms with Gasteiger partial charge in [0.05, 0.1) is 29.0 Å². The van der Waals surface area contributed by atoms with Gasteiger partial charge >= 0.3 is 5.97 Å². The van der Waals surface area contributed by atoms with E-state index in [2.05, 4.69) is 26.2 Å². The first-order chi connectivity index (χ1) is 13.5. The molecule has 0 fully saturated rings. The molecule has 3 rings (SSSR count). The number of fused-ring (bicyclic) bond motifs is 1. The van der Waals surface area contributed by atoms with Crippen LogP contribution in [0, 0.1) is 0 Å². The maximum atomic E-state index is 12.3. The second kappa shape index (κ2) is 9.25. The number of nitrogens with zero attached hydrogens (tertiary/aromatic N) is 2. The van der Waals surface area contributed by atoms with Crippen molar-refractivity contribution in [3.8, 4) is 0 Å². The molecule has 0 radical (unpaired) electrons. The lowest BCUT2D eigenvalue weighted by Gasteiger charge is -2.07. The van der Waals surface area contributed by atoms with Crippen LogP contribution < -0.4 is 5.32 Å². The molecule has 2 aromatic carbocycles. The fraction of sp³-hybridized carbons (Fsp3) is 0.250. The Balaban J connectivity index is 1.73. The number of benzene rings is 2. The fourth-order valence-electron chi connectivity index (χ4n) is 2.73. The van der Waals surface area contributed by atoms with Crippen LogP contribution in [0.4, 0.5) is 5.69 Å². The third-order valence-corrected chi connectivity index (χ3v) is 5.51. The number of aromatic nitrogens is 2. The summed E-state index contributed by atoms with van der Waals surface area (Å²) in [5.74, 6) is -0.225. The first-order valence-electron chi connectivity index (χ1n) is 8.87. The van der Waals surface area contributed by atoms with E-state index in [4.69, 9.17) is 4.74 Å². The normalized spacial score (nSPS) is 10.8. The lowest BCUT2D eigenvalue weighted by Crippen LogP contribution is -2.14. The van der Waals surface area contributed by atoms with E-state index in [-0.39, 0.29) is 17.6 Å². The zero-order valence-corrected chi connectivity index (χ0v) is 18.0. The van der Waals surface area contributed by atoms with Gasteiger partial charge in [-0.05, 0) is 56.3 Å². The maximum Gasteiger partial charge on any atom is 0.338 e. The number of aryl methyl sites for hydroxylation is 1. The molecule has 1 amide bonds. The molecule has 3 aromatic rings. The number of halogens is 1. The van der Waals surface area contributed by atoms with E-state index in [0.717, 1.165) is 20.8 Å². The molecule has 0 saturated heterocycles. The summed E-state index contributed by atoms with van der Waals surface area (Å²) in [6.45, 7) is 4.84. The van der Waals surface area contributed by atoms with Crippen LogP contribution in [0.5, 0.6) is 0 Å². The van der Waals surface area contributed by atoms with Crippen LogP contribution >= 0.6 is 27.7 Å². The molecule has 0 unspecified atom stereocenters. The van der Waals surface area contributed by atoms with Crippen molar-refractivity contribution in [3.63, 3.8) is 0 Å². The zero-order valence-electron chi connectivity index (χ0n) is 15.6. The molecular formula is C20H20BrN3O3S. The highest BCUT2D eigenvalue weighted by Crippen LogP contribution is 2.25.